The Morgan fingerprint density at radius 1 is 1.46 bits per heavy atom. The molecule has 0 aliphatic carbocycles. The van der Waals surface area contributed by atoms with Crippen LogP contribution in [0.4, 0.5) is 0 Å². The molecule has 2 rings (SSSR count). The number of benzene rings is 1. The van der Waals surface area contributed by atoms with Crippen molar-refractivity contribution in [1.82, 2.24) is 5.32 Å². The van der Waals surface area contributed by atoms with Crippen LogP contribution in [-0.2, 0) is 0 Å². The maximum Gasteiger partial charge on any atom is 0.0320 e. The van der Waals surface area contributed by atoms with Gasteiger partial charge < -0.3 is 5.32 Å². The van der Waals surface area contributed by atoms with Crippen LogP contribution in [0.2, 0.25) is 0 Å². The quantitative estimate of drug-likeness (QED) is 0.794. The molecule has 0 spiro atoms. The van der Waals surface area contributed by atoms with Crippen LogP contribution in [0.5, 0.6) is 0 Å². The molecular weight excluding hydrogens is 226 g/mol. The predicted octanol–water partition coefficient (Wildman–Crippen LogP) is 3.18. The minimum absolute atomic E-state index is 0.590. The third kappa shape index (κ3) is 1.94. The van der Waals surface area contributed by atoms with Gasteiger partial charge in [0.05, 0.1) is 0 Å². The lowest BCUT2D eigenvalue weighted by atomic mass is 10.0. The van der Waals surface area contributed by atoms with Gasteiger partial charge in [-0.05, 0) is 43.5 Å². The van der Waals surface area contributed by atoms with Crippen LogP contribution < -0.4 is 5.32 Å². The van der Waals surface area contributed by atoms with E-state index in [1.165, 1.54) is 35.0 Å². The average Bonchev–Trinajstić information content (AvgIpc) is 2.62. The molecule has 1 fully saturated rings. The van der Waals surface area contributed by atoms with Crippen molar-refractivity contribution in [3.8, 4) is 0 Å². The molecule has 0 aromatic heterocycles. The van der Waals surface area contributed by atoms with Crippen LogP contribution in [0, 0.1) is 6.92 Å². The van der Waals surface area contributed by atoms with Crippen molar-refractivity contribution in [2.75, 3.05) is 6.54 Å². The normalized spacial score (nSPS) is 22.2. The highest BCUT2D eigenvalue weighted by Crippen LogP contribution is 2.26. The van der Waals surface area contributed by atoms with Gasteiger partial charge in [-0.15, -0.1) is 0 Å². The first-order valence-electron chi connectivity index (χ1n) is 4.77. The van der Waals surface area contributed by atoms with E-state index < -0.39 is 0 Å². The maximum atomic E-state index is 3.52. The molecule has 0 amide bonds. The molecule has 1 aromatic carbocycles. The first kappa shape index (κ1) is 9.22. The van der Waals surface area contributed by atoms with Crippen molar-refractivity contribution in [3.63, 3.8) is 0 Å². The molecule has 1 N–H and O–H groups in total. The molecule has 2 heteroatoms. The Morgan fingerprint density at radius 2 is 2.31 bits per heavy atom. The summed E-state index contributed by atoms with van der Waals surface area (Å²) in [4.78, 5) is 0. The summed E-state index contributed by atoms with van der Waals surface area (Å²) in [6.07, 6.45) is 2.58. The molecule has 1 saturated heterocycles. The Hall–Kier alpha value is -0.340. The number of aryl methyl sites for hydroxylation is 1. The van der Waals surface area contributed by atoms with Crippen LogP contribution >= 0.6 is 15.9 Å². The predicted molar refractivity (Wildman–Crippen MR) is 58.9 cm³/mol. The summed E-state index contributed by atoms with van der Waals surface area (Å²) in [6, 6.07) is 7.21. The van der Waals surface area contributed by atoms with E-state index in [9.17, 15) is 0 Å². The third-order valence-corrected chi connectivity index (χ3v) is 3.53. The molecular formula is C11H14BrN. The molecule has 1 heterocycles. The summed E-state index contributed by atoms with van der Waals surface area (Å²) in [5.41, 5.74) is 2.75. The summed E-state index contributed by atoms with van der Waals surface area (Å²) >= 11 is 3.52. The standard InChI is InChI=1S/C11H14BrN/c1-8-7-9(4-5-10(8)12)11-3-2-6-13-11/h4-5,7,11,13H,2-3,6H2,1H3/t11-/m0/s1. The Bertz CT molecular complexity index is 303. The van der Waals surface area contributed by atoms with Gasteiger partial charge in [-0.3, -0.25) is 0 Å². The topological polar surface area (TPSA) is 12.0 Å². The van der Waals surface area contributed by atoms with Gasteiger partial charge >= 0.3 is 0 Å². The lowest BCUT2D eigenvalue weighted by Crippen LogP contribution is -2.12. The first-order chi connectivity index (χ1) is 6.27. The van der Waals surface area contributed by atoms with Gasteiger partial charge in [-0.2, -0.15) is 0 Å². The van der Waals surface area contributed by atoms with Gasteiger partial charge in [0, 0.05) is 10.5 Å². The smallest absolute Gasteiger partial charge is 0.0320 e. The van der Waals surface area contributed by atoms with Crippen LogP contribution in [0.25, 0.3) is 0 Å². The van der Waals surface area contributed by atoms with Gasteiger partial charge in [0.2, 0.25) is 0 Å². The molecule has 1 aromatic rings. The third-order valence-electron chi connectivity index (χ3n) is 2.64. The second kappa shape index (κ2) is 3.81. The highest BCUT2D eigenvalue weighted by atomic mass is 79.9. The fourth-order valence-electron chi connectivity index (χ4n) is 1.85. The van der Waals surface area contributed by atoms with Crippen LogP contribution in [-0.4, -0.2) is 6.54 Å². The van der Waals surface area contributed by atoms with Crippen LogP contribution in [0.15, 0.2) is 22.7 Å². The van der Waals surface area contributed by atoms with E-state index >= 15 is 0 Å². The van der Waals surface area contributed by atoms with E-state index in [0.29, 0.717) is 6.04 Å². The molecule has 1 aliphatic rings. The largest absolute Gasteiger partial charge is 0.310 e. The number of hydrogen-bond donors (Lipinski definition) is 1. The van der Waals surface area contributed by atoms with Gasteiger partial charge in [-0.1, -0.05) is 28.1 Å². The van der Waals surface area contributed by atoms with Crippen molar-refractivity contribution in [1.29, 1.82) is 0 Å². The van der Waals surface area contributed by atoms with Gasteiger partial charge in [0.25, 0.3) is 0 Å². The SMILES string of the molecule is Cc1cc([C@@H]2CCCN2)ccc1Br. The lowest BCUT2D eigenvalue weighted by Gasteiger charge is -2.11. The Morgan fingerprint density at radius 3 is 2.92 bits per heavy atom. The number of hydrogen-bond acceptors (Lipinski definition) is 1. The first-order valence-corrected chi connectivity index (χ1v) is 5.56. The lowest BCUT2D eigenvalue weighted by molar-refractivity contribution is 0.647. The number of nitrogens with one attached hydrogen (secondary N) is 1. The minimum atomic E-state index is 0.590. The summed E-state index contributed by atoms with van der Waals surface area (Å²) in [5, 5.41) is 3.50. The van der Waals surface area contributed by atoms with Gasteiger partial charge in [0.15, 0.2) is 0 Å². The summed E-state index contributed by atoms with van der Waals surface area (Å²) in [5.74, 6) is 0. The van der Waals surface area contributed by atoms with E-state index in [2.05, 4.69) is 46.4 Å². The zero-order valence-corrected chi connectivity index (χ0v) is 9.39. The Kier molecular flexibility index (Phi) is 2.70. The fraction of sp³-hybridized carbons (Fsp3) is 0.455. The van der Waals surface area contributed by atoms with Crippen molar-refractivity contribution in [3.05, 3.63) is 33.8 Å². The molecule has 13 heavy (non-hydrogen) atoms. The second-order valence-corrected chi connectivity index (χ2v) is 4.51. The van der Waals surface area contributed by atoms with Crippen molar-refractivity contribution >= 4 is 15.9 Å². The van der Waals surface area contributed by atoms with Gasteiger partial charge in [-0.25, -0.2) is 0 Å². The van der Waals surface area contributed by atoms with E-state index in [4.69, 9.17) is 0 Å². The molecule has 70 valence electrons. The van der Waals surface area contributed by atoms with Crippen molar-refractivity contribution < 1.29 is 0 Å². The van der Waals surface area contributed by atoms with E-state index in [-0.39, 0.29) is 0 Å². The molecule has 0 unspecified atom stereocenters. The maximum absolute atomic E-state index is 3.52. The van der Waals surface area contributed by atoms with Crippen molar-refractivity contribution in [2.24, 2.45) is 0 Å². The molecule has 1 aliphatic heterocycles. The Balaban J connectivity index is 2.25. The summed E-state index contributed by atoms with van der Waals surface area (Å²) in [6.45, 7) is 3.31. The number of rotatable bonds is 1. The second-order valence-electron chi connectivity index (χ2n) is 3.66. The molecule has 1 atom stereocenters. The van der Waals surface area contributed by atoms with E-state index in [1.54, 1.807) is 0 Å². The van der Waals surface area contributed by atoms with E-state index in [0.717, 1.165) is 0 Å². The summed E-state index contributed by atoms with van der Waals surface area (Å²) in [7, 11) is 0. The van der Waals surface area contributed by atoms with Crippen LogP contribution in [0.1, 0.15) is 30.0 Å². The fourth-order valence-corrected chi connectivity index (χ4v) is 2.10. The monoisotopic (exact) mass is 239 g/mol. The average molecular weight is 240 g/mol. The van der Waals surface area contributed by atoms with E-state index in [1.807, 2.05) is 0 Å². The van der Waals surface area contributed by atoms with Gasteiger partial charge in [0.1, 0.15) is 0 Å². The minimum Gasteiger partial charge on any atom is -0.310 e. The van der Waals surface area contributed by atoms with Crippen molar-refractivity contribution in [2.45, 2.75) is 25.8 Å². The zero-order valence-electron chi connectivity index (χ0n) is 7.81. The highest BCUT2D eigenvalue weighted by Gasteiger charge is 2.15. The Labute approximate surface area is 87.7 Å². The molecule has 0 bridgehead atoms. The zero-order chi connectivity index (χ0) is 9.26. The molecule has 0 radical (unpaired) electrons. The number of halogens is 1. The van der Waals surface area contributed by atoms with Crippen LogP contribution in [0.3, 0.4) is 0 Å². The molecule has 1 nitrogen and oxygen atoms in total. The highest BCUT2D eigenvalue weighted by molar-refractivity contribution is 9.10. The molecule has 0 saturated carbocycles. The summed E-state index contributed by atoms with van der Waals surface area (Å²) < 4.78 is 1.20.